The van der Waals surface area contributed by atoms with Crippen LogP contribution in [-0.4, -0.2) is 35.8 Å². The Morgan fingerprint density at radius 1 is 0.931 bits per heavy atom. The Labute approximate surface area is 175 Å². The Bertz CT molecular complexity index is 1050. The maximum absolute atomic E-state index is 13.2. The first kappa shape index (κ1) is 19.2. The minimum atomic E-state index is -0.556. The molecule has 0 bridgehead atoms. The smallest absolute Gasteiger partial charge is 0.254 e. The van der Waals surface area contributed by atoms with Crippen LogP contribution in [0, 0.1) is 0 Å². The zero-order chi connectivity index (χ0) is 20.4. The Morgan fingerprint density at radius 2 is 1.66 bits per heavy atom. The van der Waals surface area contributed by atoms with Crippen LogP contribution in [0.5, 0.6) is 0 Å². The lowest BCUT2D eigenvalue weighted by atomic mass is 10.0. The van der Waals surface area contributed by atoms with Gasteiger partial charge in [-0.2, -0.15) is 0 Å². The number of piperazine rings is 1. The largest absolute Gasteiger partial charge is 0.325 e. The Morgan fingerprint density at radius 3 is 2.41 bits per heavy atom. The topological polar surface area (TPSA) is 40.6 Å². The van der Waals surface area contributed by atoms with Crippen molar-refractivity contribution >= 4 is 29.1 Å². The summed E-state index contributed by atoms with van der Waals surface area (Å²) in [6.45, 7) is 2.68. The molecule has 3 aromatic carbocycles. The molecule has 1 fully saturated rings. The Kier molecular flexibility index (Phi) is 5.36. The average molecular weight is 405 g/mol. The van der Waals surface area contributed by atoms with E-state index >= 15 is 0 Å². The van der Waals surface area contributed by atoms with Crippen LogP contribution in [0.25, 0.3) is 11.1 Å². The molecule has 0 radical (unpaired) electrons. The lowest BCUT2D eigenvalue weighted by Gasteiger charge is -2.39. The van der Waals surface area contributed by atoms with Gasteiger partial charge in [0.1, 0.15) is 6.04 Å². The SMILES string of the molecule is C[C@@H]1C(=O)N(c2ccccc2-c2ccccc2)CCN1C(=O)c1cccc(Cl)c1. The molecule has 2 amide bonds. The van der Waals surface area contributed by atoms with Crippen molar-refractivity contribution in [2.75, 3.05) is 18.0 Å². The summed E-state index contributed by atoms with van der Waals surface area (Å²) >= 11 is 6.03. The van der Waals surface area contributed by atoms with Gasteiger partial charge in [0, 0.05) is 29.2 Å². The molecule has 0 spiro atoms. The monoisotopic (exact) mass is 404 g/mol. The van der Waals surface area contributed by atoms with Gasteiger partial charge in [-0.05, 0) is 36.8 Å². The fourth-order valence-electron chi connectivity index (χ4n) is 3.75. The van der Waals surface area contributed by atoms with Crippen LogP contribution in [0.2, 0.25) is 5.02 Å². The van der Waals surface area contributed by atoms with Gasteiger partial charge in [-0.25, -0.2) is 0 Å². The molecule has 0 aliphatic carbocycles. The van der Waals surface area contributed by atoms with E-state index in [0.717, 1.165) is 16.8 Å². The molecule has 4 nitrogen and oxygen atoms in total. The van der Waals surface area contributed by atoms with Crippen molar-refractivity contribution in [3.63, 3.8) is 0 Å². The zero-order valence-electron chi connectivity index (χ0n) is 16.1. The molecule has 0 unspecified atom stereocenters. The minimum absolute atomic E-state index is 0.0880. The van der Waals surface area contributed by atoms with E-state index in [2.05, 4.69) is 0 Å². The number of rotatable bonds is 3. The van der Waals surface area contributed by atoms with Gasteiger partial charge < -0.3 is 9.80 Å². The van der Waals surface area contributed by atoms with E-state index in [1.807, 2.05) is 54.6 Å². The second-order valence-corrected chi connectivity index (χ2v) is 7.49. The first-order valence-electron chi connectivity index (χ1n) is 9.58. The number of hydrogen-bond donors (Lipinski definition) is 0. The highest BCUT2D eigenvalue weighted by Gasteiger charge is 2.36. The van der Waals surface area contributed by atoms with Gasteiger partial charge in [-0.3, -0.25) is 9.59 Å². The van der Waals surface area contributed by atoms with Gasteiger partial charge in [-0.15, -0.1) is 0 Å². The summed E-state index contributed by atoms with van der Waals surface area (Å²) in [6.07, 6.45) is 0. The summed E-state index contributed by atoms with van der Waals surface area (Å²) in [5.41, 5.74) is 3.42. The molecule has 1 atom stereocenters. The van der Waals surface area contributed by atoms with Gasteiger partial charge >= 0.3 is 0 Å². The van der Waals surface area contributed by atoms with E-state index < -0.39 is 6.04 Å². The first-order valence-corrected chi connectivity index (χ1v) is 9.96. The van der Waals surface area contributed by atoms with Crippen molar-refractivity contribution < 1.29 is 9.59 Å². The second kappa shape index (κ2) is 8.10. The highest BCUT2D eigenvalue weighted by atomic mass is 35.5. The van der Waals surface area contributed by atoms with Crippen molar-refractivity contribution in [3.8, 4) is 11.1 Å². The fraction of sp³-hybridized carbons (Fsp3) is 0.167. The molecular formula is C24H21ClN2O2. The van der Waals surface area contributed by atoms with Gasteiger partial charge in [0.25, 0.3) is 5.91 Å². The third-order valence-corrected chi connectivity index (χ3v) is 5.50. The summed E-state index contributed by atoms with van der Waals surface area (Å²) in [4.78, 5) is 29.6. The highest BCUT2D eigenvalue weighted by Crippen LogP contribution is 2.32. The molecule has 1 aliphatic heterocycles. The van der Waals surface area contributed by atoms with Crippen molar-refractivity contribution in [1.82, 2.24) is 4.90 Å². The first-order chi connectivity index (χ1) is 14.1. The number of carbonyl (C=O) groups is 2. The van der Waals surface area contributed by atoms with Crippen LogP contribution in [0.3, 0.4) is 0 Å². The molecule has 146 valence electrons. The molecule has 0 aromatic heterocycles. The molecule has 29 heavy (non-hydrogen) atoms. The van der Waals surface area contributed by atoms with Gasteiger partial charge in [-0.1, -0.05) is 66.2 Å². The predicted molar refractivity (Wildman–Crippen MR) is 116 cm³/mol. The third-order valence-electron chi connectivity index (χ3n) is 5.27. The molecule has 5 heteroatoms. The molecule has 4 rings (SSSR count). The van der Waals surface area contributed by atoms with Gasteiger partial charge in [0.15, 0.2) is 0 Å². The number of benzene rings is 3. The normalized spacial score (nSPS) is 16.8. The number of amides is 2. The van der Waals surface area contributed by atoms with Crippen molar-refractivity contribution in [2.45, 2.75) is 13.0 Å². The summed E-state index contributed by atoms with van der Waals surface area (Å²) in [6, 6.07) is 24.2. The highest BCUT2D eigenvalue weighted by molar-refractivity contribution is 6.31. The zero-order valence-corrected chi connectivity index (χ0v) is 16.8. The number of halogens is 1. The third kappa shape index (κ3) is 3.76. The number of nitrogens with zero attached hydrogens (tertiary/aromatic N) is 2. The molecule has 1 saturated heterocycles. The fourth-order valence-corrected chi connectivity index (χ4v) is 3.94. The molecule has 3 aromatic rings. The van der Waals surface area contributed by atoms with E-state index in [-0.39, 0.29) is 11.8 Å². The molecule has 1 heterocycles. The number of carbonyl (C=O) groups excluding carboxylic acids is 2. The van der Waals surface area contributed by atoms with Crippen molar-refractivity contribution in [2.24, 2.45) is 0 Å². The van der Waals surface area contributed by atoms with Gasteiger partial charge in [0.2, 0.25) is 5.91 Å². The standard InChI is InChI=1S/C24H21ClN2O2/c1-17-23(28)27(15-14-26(17)24(29)19-10-7-11-20(25)16-19)22-13-6-5-12-21(22)18-8-3-2-4-9-18/h2-13,16-17H,14-15H2,1H3/t17-/m1/s1. The summed E-state index contributed by atoms with van der Waals surface area (Å²) < 4.78 is 0. The number of hydrogen-bond acceptors (Lipinski definition) is 2. The Balaban J connectivity index is 1.61. The van der Waals surface area contributed by atoms with Crippen molar-refractivity contribution in [3.05, 3.63) is 89.4 Å². The maximum Gasteiger partial charge on any atom is 0.254 e. The second-order valence-electron chi connectivity index (χ2n) is 7.06. The maximum atomic E-state index is 13.2. The molecule has 0 saturated carbocycles. The van der Waals surface area contributed by atoms with E-state index in [9.17, 15) is 9.59 Å². The average Bonchev–Trinajstić information content (AvgIpc) is 2.76. The minimum Gasteiger partial charge on any atom is -0.325 e. The summed E-state index contributed by atoms with van der Waals surface area (Å²) in [5, 5.41) is 0.505. The van der Waals surface area contributed by atoms with Crippen LogP contribution in [0.4, 0.5) is 5.69 Å². The van der Waals surface area contributed by atoms with Crippen LogP contribution in [-0.2, 0) is 4.79 Å². The lowest BCUT2D eigenvalue weighted by molar-refractivity contribution is -0.124. The lowest BCUT2D eigenvalue weighted by Crippen LogP contribution is -2.57. The Hall–Kier alpha value is -3.11. The quantitative estimate of drug-likeness (QED) is 0.624. The van der Waals surface area contributed by atoms with E-state index in [1.165, 1.54) is 0 Å². The molecule has 1 aliphatic rings. The summed E-state index contributed by atoms with van der Waals surface area (Å²) in [7, 11) is 0. The predicted octanol–water partition coefficient (Wildman–Crippen LogP) is 4.88. The van der Waals surface area contributed by atoms with E-state index in [1.54, 1.807) is 41.0 Å². The van der Waals surface area contributed by atoms with Gasteiger partial charge in [0.05, 0.1) is 5.69 Å². The summed E-state index contributed by atoms with van der Waals surface area (Å²) in [5.74, 6) is -0.264. The molecule has 0 N–H and O–H groups in total. The van der Waals surface area contributed by atoms with E-state index in [0.29, 0.717) is 23.7 Å². The number of para-hydroxylation sites is 1. The van der Waals surface area contributed by atoms with E-state index in [4.69, 9.17) is 11.6 Å². The van der Waals surface area contributed by atoms with Crippen LogP contribution < -0.4 is 4.90 Å². The van der Waals surface area contributed by atoms with Crippen LogP contribution in [0.1, 0.15) is 17.3 Å². The van der Waals surface area contributed by atoms with Crippen LogP contribution in [0.15, 0.2) is 78.9 Å². The van der Waals surface area contributed by atoms with Crippen molar-refractivity contribution in [1.29, 1.82) is 0 Å². The van der Waals surface area contributed by atoms with Crippen LogP contribution >= 0.6 is 11.6 Å². The molecular weight excluding hydrogens is 384 g/mol. The number of anilines is 1.